The highest BCUT2D eigenvalue weighted by atomic mass is 32.1. The fourth-order valence-corrected chi connectivity index (χ4v) is 1.84. The Morgan fingerprint density at radius 1 is 1.57 bits per heavy atom. The lowest BCUT2D eigenvalue weighted by Crippen LogP contribution is -2.39. The second kappa shape index (κ2) is 4.55. The van der Waals surface area contributed by atoms with Crippen LogP contribution in [0.5, 0.6) is 0 Å². The van der Waals surface area contributed by atoms with Gasteiger partial charge in [0.05, 0.1) is 6.54 Å². The Labute approximate surface area is 86.5 Å². The molecule has 14 heavy (non-hydrogen) atoms. The monoisotopic (exact) mass is 226 g/mol. The van der Waals surface area contributed by atoms with Crippen molar-refractivity contribution in [1.82, 2.24) is 10.2 Å². The molecule has 82 valence electrons. The van der Waals surface area contributed by atoms with E-state index in [9.17, 15) is 13.2 Å². The van der Waals surface area contributed by atoms with Crippen LogP contribution in [0.4, 0.5) is 13.2 Å². The molecule has 1 saturated heterocycles. The maximum Gasteiger partial charge on any atom is 0.401 e. The molecule has 1 unspecified atom stereocenters. The third kappa shape index (κ3) is 4.34. The third-order valence-corrected chi connectivity index (χ3v) is 2.35. The van der Waals surface area contributed by atoms with E-state index < -0.39 is 12.7 Å². The van der Waals surface area contributed by atoms with Crippen molar-refractivity contribution in [1.29, 1.82) is 0 Å². The number of rotatable bonds is 3. The first-order chi connectivity index (χ1) is 6.37. The summed E-state index contributed by atoms with van der Waals surface area (Å²) in [6.45, 7) is 0.178. The van der Waals surface area contributed by atoms with Gasteiger partial charge in [0.2, 0.25) is 0 Å². The topological polar surface area (TPSA) is 15.3 Å². The maximum absolute atomic E-state index is 12.0. The van der Waals surface area contributed by atoms with Gasteiger partial charge < -0.3 is 5.32 Å². The van der Waals surface area contributed by atoms with E-state index in [1.807, 2.05) is 0 Å². The number of nitrogens with zero attached hydrogens (tertiary/aromatic N) is 1. The molecule has 1 aliphatic rings. The van der Waals surface area contributed by atoms with Crippen LogP contribution in [0.1, 0.15) is 6.42 Å². The van der Waals surface area contributed by atoms with E-state index in [-0.39, 0.29) is 6.04 Å². The van der Waals surface area contributed by atoms with Crippen molar-refractivity contribution < 1.29 is 13.2 Å². The van der Waals surface area contributed by atoms with Crippen LogP contribution in [-0.4, -0.2) is 48.7 Å². The Hall–Kier alpha value is -0.200. The molecule has 0 saturated carbocycles. The maximum atomic E-state index is 12.0. The van der Waals surface area contributed by atoms with Crippen molar-refractivity contribution in [2.75, 3.05) is 26.7 Å². The van der Waals surface area contributed by atoms with Crippen LogP contribution in [0.2, 0.25) is 0 Å². The molecule has 0 spiro atoms. The summed E-state index contributed by atoms with van der Waals surface area (Å²) in [6.07, 6.45) is -3.41. The van der Waals surface area contributed by atoms with Crippen molar-refractivity contribution in [2.24, 2.45) is 0 Å². The van der Waals surface area contributed by atoms with Gasteiger partial charge in [-0.05, 0) is 13.5 Å². The van der Waals surface area contributed by atoms with Crippen molar-refractivity contribution in [3.63, 3.8) is 0 Å². The quantitative estimate of drug-likeness (QED) is 0.728. The first-order valence-electron chi connectivity index (χ1n) is 4.37. The highest BCUT2D eigenvalue weighted by Gasteiger charge is 2.30. The van der Waals surface area contributed by atoms with Crippen LogP contribution >= 0.6 is 12.2 Å². The number of likely N-dealkylation sites (N-methyl/N-ethyl adjacent to an activating group) is 1. The SMILES string of the molecule is CN(CC1CC(=S)CN1)CC(F)(F)F. The lowest BCUT2D eigenvalue weighted by atomic mass is 10.2. The Balaban J connectivity index is 2.27. The summed E-state index contributed by atoms with van der Waals surface area (Å²) in [6, 6.07) is 0.0786. The van der Waals surface area contributed by atoms with E-state index in [1.54, 1.807) is 0 Å². The van der Waals surface area contributed by atoms with E-state index in [4.69, 9.17) is 12.2 Å². The molecular formula is C8H13F3N2S. The fourth-order valence-electron chi connectivity index (χ4n) is 1.55. The smallest absolute Gasteiger partial charge is 0.308 e. The molecule has 1 rings (SSSR count). The number of hydrogen-bond acceptors (Lipinski definition) is 3. The van der Waals surface area contributed by atoms with Crippen LogP contribution in [-0.2, 0) is 0 Å². The highest BCUT2D eigenvalue weighted by Crippen LogP contribution is 2.16. The molecule has 1 atom stereocenters. The number of alkyl halides is 3. The van der Waals surface area contributed by atoms with Crippen LogP contribution in [0.25, 0.3) is 0 Å². The molecule has 0 aliphatic carbocycles. The molecular weight excluding hydrogens is 213 g/mol. The molecule has 6 heteroatoms. The Bertz CT molecular complexity index is 217. The summed E-state index contributed by atoms with van der Waals surface area (Å²) < 4.78 is 35.9. The van der Waals surface area contributed by atoms with Crippen molar-refractivity contribution in [3.05, 3.63) is 0 Å². The number of hydrogen-bond donors (Lipinski definition) is 1. The fraction of sp³-hybridized carbons (Fsp3) is 0.875. The molecule has 0 radical (unpaired) electrons. The molecule has 1 fully saturated rings. The van der Waals surface area contributed by atoms with E-state index in [0.29, 0.717) is 19.5 Å². The van der Waals surface area contributed by atoms with Crippen LogP contribution in [0.3, 0.4) is 0 Å². The van der Waals surface area contributed by atoms with E-state index in [2.05, 4.69) is 5.32 Å². The lowest BCUT2D eigenvalue weighted by molar-refractivity contribution is -0.143. The molecule has 0 bridgehead atoms. The van der Waals surface area contributed by atoms with Gasteiger partial charge in [-0.25, -0.2) is 0 Å². The first-order valence-corrected chi connectivity index (χ1v) is 4.78. The molecule has 0 amide bonds. The zero-order valence-electron chi connectivity index (χ0n) is 7.90. The summed E-state index contributed by atoms with van der Waals surface area (Å²) >= 11 is 4.96. The summed E-state index contributed by atoms with van der Waals surface area (Å²) in [5.41, 5.74) is 0. The molecule has 0 aromatic carbocycles. The minimum Gasteiger partial charge on any atom is -0.308 e. The summed E-state index contributed by atoms with van der Waals surface area (Å²) in [4.78, 5) is 2.17. The molecule has 2 nitrogen and oxygen atoms in total. The van der Waals surface area contributed by atoms with Gasteiger partial charge in [-0.15, -0.1) is 0 Å². The van der Waals surface area contributed by atoms with Gasteiger partial charge in [0.15, 0.2) is 0 Å². The normalized spacial score (nSPS) is 23.5. The Morgan fingerprint density at radius 3 is 2.64 bits per heavy atom. The average Bonchev–Trinajstić information content (AvgIpc) is 2.30. The highest BCUT2D eigenvalue weighted by molar-refractivity contribution is 7.80. The van der Waals surface area contributed by atoms with Gasteiger partial charge in [-0.3, -0.25) is 4.90 Å². The van der Waals surface area contributed by atoms with E-state index in [1.165, 1.54) is 11.9 Å². The van der Waals surface area contributed by atoms with Gasteiger partial charge in [0.1, 0.15) is 0 Å². The predicted molar refractivity (Wildman–Crippen MR) is 52.6 cm³/mol. The summed E-state index contributed by atoms with van der Waals surface area (Å²) in [7, 11) is 1.47. The van der Waals surface area contributed by atoms with Gasteiger partial charge in [-0.2, -0.15) is 13.2 Å². The minimum absolute atomic E-state index is 0.0786. The van der Waals surface area contributed by atoms with Gasteiger partial charge >= 0.3 is 6.18 Å². The molecule has 1 heterocycles. The standard InChI is InChI=1S/C8H13F3N2S/c1-13(5-8(9,10)11)4-6-2-7(14)3-12-6/h6,12H,2-5H2,1H3. The third-order valence-electron chi connectivity index (χ3n) is 2.04. The number of thiocarbonyl (C=S) groups is 1. The zero-order valence-corrected chi connectivity index (χ0v) is 8.71. The molecule has 1 aliphatic heterocycles. The van der Waals surface area contributed by atoms with Gasteiger partial charge in [0.25, 0.3) is 0 Å². The molecule has 1 N–H and O–H groups in total. The number of nitrogens with one attached hydrogen (secondary N) is 1. The largest absolute Gasteiger partial charge is 0.401 e. The van der Waals surface area contributed by atoms with E-state index >= 15 is 0 Å². The Morgan fingerprint density at radius 2 is 2.21 bits per heavy atom. The molecule has 0 aromatic rings. The van der Waals surface area contributed by atoms with Crippen molar-refractivity contribution in [3.8, 4) is 0 Å². The lowest BCUT2D eigenvalue weighted by Gasteiger charge is -2.21. The van der Waals surface area contributed by atoms with Crippen LogP contribution in [0, 0.1) is 0 Å². The predicted octanol–water partition coefficient (Wildman–Crippen LogP) is 1.21. The Kier molecular flexibility index (Phi) is 3.86. The zero-order chi connectivity index (χ0) is 10.8. The number of halogens is 3. The van der Waals surface area contributed by atoms with Gasteiger partial charge in [-0.1, -0.05) is 12.2 Å². The second-order valence-electron chi connectivity index (χ2n) is 3.63. The second-order valence-corrected chi connectivity index (χ2v) is 4.21. The van der Waals surface area contributed by atoms with Crippen LogP contribution < -0.4 is 5.32 Å². The summed E-state index contributed by atoms with van der Waals surface area (Å²) in [5.74, 6) is 0. The summed E-state index contributed by atoms with van der Waals surface area (Å²) in [5, 5.41) is 3.07. The average molecular weight is 226 g/mol. The van der Waals surface area contributed by atoms with Crippen molar-refractivity contribution >= 4 is 17.1 Å². The minimum atomic E-state index is -4.12. The molecule has 0 aromatic heterocycles. The first kappa shape index (κ1) is 11.9. The van der Waals surface area contributed by atoms with Gasteiger partial charge in [0, 0.05) is 24.0 Å². The van der Waals surface area contributed by atoms with Crippen molar-refractivity contribution in [2.45, 2.75) is 18.6 Å². The van der Waals surface area contributed by atoms with Crippen LogP contribution in [0.15, 0.2) is 0 Å². The van der Waals surface area contributed by atoms with E-state index in [0.717, 1.165) is 4.86 Å².